The van der Waals surface area contributed by atoms with Crippen molar-refractivity contribution in [2.24, 2.45) is 0 Å². The van der Waals surface area contributed by atoms with E-state index in [1.807, 2.05) is 11.1 Å². The van der Waals surface area contributed by atoms with Gasteiger partial charge in [0.05, 0.1) is 17.4 Å². The summed E-state index contributed by atoms with van der Waals surface area (Å²) < 4.78 is 6.31. The highest BCUT2D eigenvalue weighted by Crippen LogP contribution is 2.39. The number of H-pyrrole nitrogens is 1. The maximum absolute atomic E-state index is 12.2. The SMILES string of the molecule is C=CC(=O)N1CCN(c2nc(OCC3CCCN3C)nc3c2CCCC(c2c(C)ccc4[nH]ncc24)C3)CC1. The number of nitrogens with zero attached hydrogens (tertiary/aromatic N) is 6. The standard InChI is InChI=1S/C30H39N7O2/c1-4-27(38)36-13-15-37(16-14-36)29-23-9-5-7-21(28-20(2)10-11-25-24(28)18-31-34-25)17-26(23)32-30(33-29)39-19-22-8-6-12-35(22)3/h4,10-11,18,21-22H,1,5-9,12-17,19H2,2-3H3,(H,31,34). The summed E-state index contributed by atoms with van der Waals surface area (Å²) in [5.41, 5.74) is 6.10. The van der Waals surface area contributed by atoms with Crippen LogP contribution in [0.15, 0.2) is 31.0 Å². The first-order valence-corrected chi connectivity index (χ1v) is 14.3. The highest BCUT2D eigenvalue weighted by molar-refractivity contribution is 5.87. The Kier molecular flexibility index (Phi) is 7.25. The summed E-state index contributed by atoms with van der Waals surface area (Å²) in [6.45, 7) is 10.4. The molecule has 4 heterocycles. The van der Waals surface area contributed by atoms with E-state index in [1.54, 1.807) is 0 Å². The molecule has 1 amide bonds. The second kappa shape index (κ2) is 11.0. The van der Waals surface area contributed by atoms with Gasteiger partial charge in [-0.1, -0.05) is 12.6 Å². The molecule has 2 unspecified atom stereocenters. The quantitative estimate of drug-likeness (QED) is 0.385. The van der Waals surface area contributed by atoms with Gasteiger partial charge in [-0.25, -0.2) is 0 Å². The van der Waals surface area contributed by atoms with E-state index >= 15 is 0 Å². The van der Waals surface area contributed by atoms with Gasteiger partial charge in [0.25, 0.3) is 0 Å². The van der Waals surface area contributed by atoms with Crippen molar-refractivity contribution in [3.05, 3.63) is 53.4 Å². The molecule has 3 aliphatic rings. The van der Waals surface area contributed by atoms with Gasteiger partial charge in [0, 0.05) is 43.2 Å². The summed E-state index contributed by atoms with van der Waals surface area (Å²) in [4.78, 5) is 28.8. The molecule has 0 spiro atoms. The zero-order valence-electron chi connectivity index (χ0n) is 23.2. The number of aryl methyl sites for hydroxylation is 1. The molecule has 0 saturated carbocycles. The van der Waals surface area contributed by atoms with Crippen LogP contribution in [0.5, 0.6) is 6.01 Å². The molecule has 3 aromatic rings. The van der Waals surface area contributed by atoms with Gasteiger partial charge < -0.3 is 19.4 Å². The Labute approximate surface area is 230 Å². The molecule has 1 aromatic carbocycles. The van der Waals surface area contributed by atoms with Gasteiger partial charge in [0.15, 0.2) is 0 Å². The number of hydrogen-bond donors (Lipinski definition) is 1. The smallest absolute Gasteiger partial charge is 0.318 e. The third-order valence-electron chi connectivity index (χ3n) is 8.90. The summed E-state index contributed by atoms with van der Waals surface area (Å²) in [6, 6.07) is 5.20. The van der Waals surface area contributed by atoms with Crippen molar-refractivity contribution in [2.75, 3.05) is 51.3 Å². The lowest BCUT2D eigenvalue weighted by molar-refractivity contribution is -0.126. The Morgan fingerprint density at radius 1 is 1.15 bits per heavy atom. The number of amides is 1. The number of carbonyl (C=O) groups excluding carboxylic acids is 1. The Bertz CT molecular complexity index is 1360. The van der Waals surface area contributed by atoms with Gasteiger partial charge in [0.2, 0.25) is 5.91 Å². The van der Waals surface area contributed by atoms with E-state index in [4.69, 9.17) is 14.7 Å². The van der Waals surface area contributed by atoms with Crippen LogP contribution < -0.4 is 9.64 Å². The molecule has 6 rings (SSSR count). The molecule has 0 radical (unpaired) electrons. The zero-order valence-corrected chi connectivity index (χ0v) is 23.2. The van der Waals surface area contributed by atoms with Crippen LogP contribution in [0.3, 0.4) is 0 Å². The van der Waals surface area contributed by atoms with Crippen LogP contribution in [0.2, 0.25) is 0 Å². The van der Waals surface area contributed by atoms with Crippen LogP contribution in [-0.2, 0) is 17.6 Å². The second-order valence-electron chi connectivity index (χ2n) is 11.3. The van der Waals surface area contributed by atoms with E-state index in [9.17, 15) is 4.79 Å². The fourth-order valence-corrected chi connectivity index (χ4v) is 6.67. The first-order chi connectivity index (χ1) is 19.0. The number of anilines is 1. The minimum Gasteiger partial charge on any atom is -0.462 e. The average Bonchev–Trinajstić information content (AvgIpc) is 3.54. The number of likely N-dealkylation sites (tertiary alicyclic amines) is 1. The molecule has 2 aliphatic heterocycles. The highest BCUT2D eigenvalue weighted by Gasteiger charge is 2.30. The lowest BCUT2D eigenvalue weighted by Crippen LogP contribution is -2.49. The molecule has 2 atom stereocenters. The van der Waals surface area contributed by atoms with E-state index in [1.165, 1.54) is 34.6 Å². The summed E-state index contributed by atoms with van der Waals surface area (Å²) in [7, 11) is 2.16. The van der Waals surface area contributed by atoms with Gasteiger partial charge in [-0.2, -0.15) is 15.1 Å². The van der Waals surface area contributed by atoms with Crippen LogP contribution in [0.4, 0.5) is 5.82 Å². The first-order valence-electron chi connectivity index (χ1n) is 14.3. The Balaban J connectivity index is 1.33. The van der Waals surface area contributed by atoms with Crippen LogP contribution in [-0.4, -0.2) is 88.3 Å². The normalized spacial score (nSPS) is 22.1. The van der Waals surface area contributed by atoms with Crippen LogP contribution in [0.25, 0.3) is 10.9 Å². The van der Waals surface area contributed by atoms with E-state index in [0.717, 1.165) is 68.8 Å². The van der Waals surface area contributed by atoms with Gasteiger partial charge in [-0.05, 0) is 88.2 Å². The number of rotatable bonds is 6. The molecular weight excluding hydrogens is 490 g/mol. The average molecular weight is 530 g/mol. The summed E-state index contributed by atoms with van der Waals surface area (Å²) in [5, 5.41) is 8.69. The van der Waals surface area contributed by atoms with Crippen LogP contribution >= 0.6 is 0 Å². The minimum atomic E-state index is -0.00694. The van der Waals surface area contributed by atoms with Gasteiger partial charge >= 0.3 is 6.01 Å². The third-order valence-corrected chi connectivity index (χ3v) is 8.90. The third kappa shape index (κ3) is 5.12. The molecule has 0 bridgehead atoms. The topological polar surface area (TPSA) is 90.5 Å². The van der Waals surface area contributed by atoms with E-state index in [-0.39, 0.29) is 5.91 Å². The Hall–Kier alpha value is -3.46. The molecule has 9 heteroatoms. The van der Waals surface area contributed by atoms with Crippen molar-refractivity contribution in [1.29, 1.82) is 0 Å². The zero-order chi connectivity index (χ0) is 26.9. The molecular formula is C30H39N7O2. The minimum absolute atomic E-state index is 0.00694. The molecule has 2 saturated heterocycles. The lowest BCUT2D eigenvalue weighted by Gasteiger charge is -2.36. The van der Waals surface area contributed by atoms with E-state index in [0.29, 0.717) is 37.7 Å². The predicted molar refractivity (Wildman–Crippen MR) is 152 cm³/mol. The van der Waals surface area contributed by atoms with Crippen LogP contribution in [0.1, 0.15) is 54.0 Å². The summed E-state index contributed by atoms with van der Waals surface area (Å²) >= 11 is 0. The van der Waals surface area contributed by atoms with Crippen molar-refractivity contribution in [2.45, 2.75) is 57.4 Å². The molecule has 2 aromatic heterocycles. The maximum atomic E-state index is 12.2. The van der Waals surface area contributed by atoms with Crippen molar-refractivity contribution < 1.29 is 9.53 Å². The van der Waals surface area contributed by atoms with Gasteiger partial charge in [0.1, 0.15) is 12.4 Å². The first kappa shape index (κ1) is 25.8. The number of benzene rings is 1. The van der Waals surface area contributed by atoms with Gasteiger partial charge in [-0.3, -0.25) is 9.89 Å². The number of hydrogen-bond acceptors (Lipinski definition) is 7. The van der Waals surface area contributed by atoms with Gasteiger partial charge in [-0.15, -0.1) is 0 Å². The van der Waals surface area contributed by atoms with Crippen molar-refractivity contribution in [3.63, 3.8) is 0 Å². The number of aromatic nitrogens is 4. The number of ether oxygens (including phenoxy) is 1. The molecule has 2 fully saturated rings. The number of nitrogens with one attached hydrogen (secondary N) is 1. The highest BCUT2D eigenvalue weighted by atomic mass is 16.5. The number of carbonyl (C=O) groups is 1. The number of likely N-dealkylation sites (N-methyl/N-ethyl adjacent to an activating group) is 1. The second-order valence-corrected chi connectivity index (χ2v) is 11.3. The molecule has 206 valence electrons. The summed E-state index contributed by atoms with van der Waals surface area (Å²) in [6.07, 6.45) is 9.67. The maximum Gasteiger partial charge on any atom is 0.318 e. The Morgan fingerprint density at radius 2 is 2.00 bits per heavy atom. The van der Waals surface area contributed by atoms with Crippen molar-refractivity contribution in [1.82, 2.24) is 30.0 Å². The largest absolute Gasteiger partial charge is 0.462 e. The molecule has 9 nitrogen and oxygen atoms in total. The van der Waals surface area contributed by atoms with Crippen molar-refractivity contribution in [3.8, 4) is 6.01 Å². The number of fused-ring (bicyclic) bond motifs is 2. The molecule has 39 heavy (non-hydrogen) atoms. The lowest BCUT2D eigenvalue weighted by atomic mass is 9.86. The monoisotopic (exact) mass is 529 g/mol. The fourth-order valence-electron chi connectivity index (χ4n) is 6.67. The predicted octanol–water partition coefficient (Wildman–Crippen LogP) is 3.63. The van der Waals surface area contributed by atoms with E-state index in [2.05, 4.69) is 52.7 Å². The van der Waals surface area contributed by atoms with Crippen molar-refractivity contribution >= 4 is 22.6 Å². The van der Waals surface area contributed by atoms with Crippen LogP contribution in [0, 0.1) is 6.92 Å². The fraction of sp³-hybridized carbons (Fsp3) is 0.533. The summed E-state index contributed by atoms with van der Waals surface area (Å²) in [5.74, 6) is 1.33. The molecule has 1 N–H and O–H groups in total. The number of piperazine rings is 1. The Morgan fingerprint density at radius 3 is 2.77 bits per heavy atom. The molecule has 1 aliphatic carbocycles. The number of aromatic amines is 1. The van der Waals surface area contributed by atoms with E-state index < -0.39 is 0 Å².